The van der Waals surface area contributed by atoms with E-state index in [1.807, 2.05) is 0 Å². The number of carbonyl (C=O) groups is 2. The van der Waals surface area contributed by atoms with E-state index in [1.165, 1.54) is 69.7 Å². The monoisotopic (exact) mass is 502 g/mol. The largest absolute Gasteiger partial charge is 0.490 e. The van der Waals surface area contributed by atoms with Crippen molar-refractivity contribution in [2.24, 2.45) is 13.0 Å². The summed E-state index contributed by atoms with van der Waals surface area (Å²) in [5.41, 5.74) is 4.40. The van der Waals surface area contributed by atoms with Crippen molar-refractivity contribution in [3.63, 3.8) is 0 Å². The minimum atomic E-state index is -5.08. The summed E-state index contributed by atoms with van der Waals surface area (Å²) < 4.78 is 65.6. The van der Waals surface area contributed by atoms with Crippen molar-refractivity contribution < 1.29 is 46.1 Å². The zero-order valence-electron chi connectivity index (χ0n) is 18.6. The van der Waals surface area contributed by atoms with Gasteiger partial charge in [0, 0.05) is 38.8 Å². The number of nitrogens with zero attached hydrogens (tertiary/aromatic N) is 4. The molecule has 4 rings (SSSR count). The summed E-state index contributed by atoms with van der Waals surface area (Å²) in [5.74, 6) is -4.52. The number of hydrogen-bond acceptors (Lipinski definition) is 5. The number of aliphatic carboxylic acids is 2. The molecule has 0 radical (unpaired) electrons. The van der Waals surface area contributed by atoms with Gasteiger partial charge < -0.3 is 10.2 Å². The maximum Gasteiger partial charge on any atom is 0.490 e. The fraction of sp³-hybridized carbons (Fsp3) is 0.750. The Bertz CT molecular complexity index is 821. The first kappa shape index (κ1) is 27.9. The fourth-order valence-corrected chi connectivity index (χ4v) is 3.81. The molecular weight excluding hydrogens is 474 g/mol. The van der Waals surface area contributed by atoms with Gasteiger partial charge in [-0.15, -0.1) is 0 Å². The highest BCUT2D eigenvalue weighted by Crippen LogP contribution is 2.32. The molecule has 0 spiro atoms. The smallest absolute Gasteiger partial charge is 0.475 e. The van der Waals surface area contributed by atoms with Crippen molar-refractivity contribution in [1.82, 2.24) is 19.6 Å². The summed E-state index contributed by atoms with van der Waals surface area (Å²) in [6.45, 7) is 7.27. The molecule has 1 saturated carbocycles. The van der Waals surface area contributed by atoms with Gasteiger partial charge in [0.2, 0.25) is 0 Å². The van der Waals surface area contributed by atoms with Gasteiger partial charge >= 0.3 is 24.3 Å². The maximum atomic E-state index is 10.6. The predicted octanol–water partition coefficient (Wildman–Crippen LogP) is 3.05. The molecule has 2 fully saturated rings. The molecule has 1 aromatic heterocycles. The molecule has 1 aliphatic carbocycles. The SMILES string of the molecule is Cn1nc(CN2CCCC2)c2c1CN(CC1CC1)CC2.O=C(O)C(F)(F)F.O=C(O)C(F)(F)F. The molecule has 0 unspecified atom stereocenters. The highest BCUT2D eigenvalue weighted by atomic mass is 19.4. The zero-order valence-corrected chi connectivity index (χ0v) is 18.6. The lowest BCUT2D eigenvalue weighted by Gasteiger charge is -2.27. The number of hydrogen-bond donors (Lipinski definition) is 2. The number of alkyl halides is 6. The van der Waals surface area contributed by atoms with E-state index in [0.29, 0.717) is 0 Å². The van der Waals surface area contributed by atoms with Crippen LogP contribution in [-0.4, -0.2) is 80.3 Å². The van der Waals surface area contributed by atoms with Crippen molar-refractivity contribution in [2.45, 2.75) is 57.5 Å². The van der Waals surface area contributed by atoms with E-state index < -0.39 is 24.3 Å². The van der Waals surface area contributed by atoms with Gasteiger partial charge in [-0.1, -0.05) is 0 Å². The third-order valence-electron chi connectivity index (χ3n) is 5.68. The highest BCUT2D eigenvalue weighted by Gasteiger charge is 2.39. The second-order valence-electron chi connectivity index (χ2n) is 8.51. The van der Waals surface area contributed by atoms with E-state index in [9.17, 15) is 26.3 Å². The number of carboxylic acids is 2. The van der Waals surface area contributed by atoms with Crippen LogP contribution in [0.15, 0.2) is 0 Å². The van der Waals surface area contributed by atoms with Crippen LogP contribution >= 0.6 is 0 Å². The summed E-state index contributed by atoms with van der Waals surface area (Å²) in [4.78, 5) is 23.0. The van der Waals surface area contributed by atoms with Gasteiger partial charge in [0.25, 0.3) is 0 Å². The molecule has 0 atom stereocenters. The van der Waals surface area contributed by atoms with E-state index >= 15 is 0 Å². The number of carboxylic acid groups (broad SMARTS) is 2. The van der Waals surface area contributed by atoms with Gasteiger partial charge in [0.1, 0.15) is 0 Å². The van der Waals surface area contributed by atoms with E-state index in [-0.39, 0.29) is 0 Å². The van der Waals surface area contributed by atoms with Crippen molar-refractivity contribution >= 4 is 11.9 Å². The van der Waals surface area contributed by atoms with Crippen LogP contribution in [-0.2, 0) is 36.1 Å². The first-order valence-corrected chi connectivity index (χ1v) is 10.8. The number of fused-ring (bicyclic) bond motifs is 1. The Labute approximate surface area is 192 Å². The number of aryl methyl sites for hydroxylation is 1. The normalized spacial score (nSPS) is 18.9. The van der Waals surface area contributed by atoms with Gasteiger partial charge in [-0.3, -0.25) is 14.5 Å². The lowest BCUT2D eigenvalue weighted by Crippen LogP contribution is -2.33. The summed E-state index contributed by atoms with van der Waals surface area (Å²) in [6.07, 6.45) is -3.32. The Kier molecular flexibility index (Phi) is 9.34. The number of likely N-dealkylation sites (tertiary alicyclic amines) is 1. The average Bonchev–Trinajstić information content (AvgIpc) is 3.27. The average molecular weight is 502 g/mol. The van der Waals surface area contributed by atoms with E-state index in [4.69, 9.17) is 24.9 Å². The van der Waals surface area contributed by atoms with Crippen LogP contribution < -0.4 is 0 Å². The second-order valence-corrected chi connectivity index (χ2v) is 8.51. The molecule has 1 aromatic rings. The van der Waals surface area contributed by atoms with Gasteiger partial charge in [-0.05, 0) is 51.1 Å². The van der Waals surface area contributed by atoms with Gasteiger partial charge in [0.05, 0.1) is 11.4 Å². The van der Waals surface area contributed by atoms with E-state index in [0.717, 1.165) is 19.0 Å². The van der Waals surface area contributed by atoms with Crippen molar-refractivity contribution in [1.29, 1.82) is 0 Å². The van der Waals surface area contributed by atoms with Crippen LogP contribution in [0, 0.1) is 5.92 Å². The van der Waals surface area contributed by atoms with Crippen molar-refractivity contribution in [3.8, 4) is 0 Å². The Balaban J connectivity index is 0.000000244. The molecule has 3 heterocycles. The second kappa shape index (κ2) is 11.4. The maximum absolute atomic E-state index is 10.6. The lowest BCUT2D eigenvalue weighted by atomic mass is 10.0. The molecule has 194 valence electrons. The topological polar surface area (TPSA) is 98.9 Å². The molecule has 3 aliphatic rings. The Morgan fingerprint density at radius 3 is 1.88 bits per heavy atom. The molecule has 34 heavy (non-hydrogen) atoms. The summed E-state index contributed by atoms with van der Waals surface area (Å²) in [7, 11) is 2.13. The van der Waals surface area contributed by atoms with Gasteiger partial charge in [-0.25, -0.2) is 9.59 Å². The van der Waals surface area contributed by atoms with Crippen LogP contribution in [0.3, 0.4) is 0 Å². The molecule has 8 nitrogen and oxygen atoms in total. The van der Waals surface area contributed by atoms with Crippen LogP contribution in [0.5, 0.6) is 0 Å². The first-order valence-electron chi connectivity index (χ1n) is 10.8. The Hall–Kier alpha value is -2.35. The van der Waals surface area contributed by atoms with Crippen LogP contribution in [0.4, 0.5) is 26.3 Å². The third-order valence-corrected chi connectivity index (χ3v) is 5.68. The van der Waals surface area contributed by atoms with Crippen LogP contribution in [0.25, 0.3) is 0 Å². The fourth-order valence-electron chi connectivity index (χ4n) is 3.81. The van der Waals surface area contributed by atoms with Crippen molar-refractivity contribution in [2.75, 3.05) is 26.2 Å². The first-order chi connectivity index (χ1) is 15.7. The predicted molar refractivity (Wildman–Crippen MR) is 107 cm³/mol. The van der Waals surface area contributed by atoms with E-state index in [1.54, 1.807) is 5.56 Å². The molecule has 0 aromatic carbocycles. The van der Waals surface area contributed by atoms with Crippen LogP contribution in [0.2, 0.25) is 0 Å². The number of aromatic nitrogens is 2. The molecule has 0 amide bonds. The van der Waals surface area contributed by atoms with Gasteiger partial charge in [-0.2, -0.15) is 31.4 Å². The lowest BCUT2D eigenvalue weighted by molar-refractivity contribution is -0.193. The van der Waals surface area contributed by atoms with Crippen molar-refractivity contribution in [3.05, 3.63) is 17.0 Å². The molecule has 1 saturated heterocycles. The minimum absolute atomic E-state index is 0.994. The third kappa shape index (κ3) is 8.78. The minimum Gasteiger partial charge on any atom is -0.475 e. The Morgan fingerprint density at radius 1 is 0.941 bits per heavy atom. The van der Waals surface area contributed by atoms with Gasteiger partial charge in [0.15, 0.2) is 0 Å². The zero-order chi connectivity index (χ0) is 25.7. The quantitative estimate of drug-likeness (QED) is 0.611. The standard InChI is InChI=1S/C16H26N4.2C2HF3O2/c1-18-16-12-20(10-13-4-5-13)9-6-14(16)15(17-18)11-19-7-2-3-8-19;2*3-2(4,5)1(6)7/h13H,2-12H2,1H3;2*(H,6,7). The molecular formula is C20H28F6N4O4. The molecule has 2 N–H and O–H groups in total. The van der Waals surface area contributed by atoms with Crippen LogP contribution in [0.1, 0.15) is 42.6 Å². The van der Waals surface area contributed by atoms with E-state index in [2.05, 4.69) is 21.5 Å². The summed E-state index contributed by atoms with van der Waals surface area (Å²) >= 11 is 0. The number of halogens is 6. The molecule has 2 aliphatic heterocycles. The molecule has 14 heteroatoms. The summed E-state index contributed by atoms with van der Waals surface area (Å²) in [5, 5.41) is 19.1. The highest BCUT2D eigenvalue weighted by molar-refractivity contribution is 5.73. The summed E-state index contributed by atoms with van der Waals surface area (Å²) in [6, 6.07) is 0. The molecule has 0 bridgehead atoms. The Morgan fingerprint density at radius 2 is 1.44 bits per heavy atom. The number of rotatable bonds is 4.